The first-order valence-corrected chi connectivity index (χ1v) is 8.67. The van der Waals surface area contributed by atoms with Crippen molar-refractivity contribution in [2.24, 2.45) is 5.73 Å². The van der Waals surface area contributed by atoms with Crippen molar-refractivity contribution in [1.29, 1.82) is 0 Å². The molecule has 0 aromatic heterocycles. The highest BCUT2D eigenvalue weighted by Crippen LogP contribution is 2.34. The zero-order chi connectivity index (χ0) is 14.0. The predicted molar refractivity (Wildman–Crippen MR) is 89.0 cm³/mol. The summed E-state index contributed by atoms with van der Waals surface area (Å²) >= 11 is 11.7. The molecule has 3 unspecified atom stereocenters. The van der Waals surface area contributed by atoms with Crippen LogP contribution in [-0.2, 0) is 0 Å². The number of rotatable bonds is 3. The van der Waals surface area contributed by atoms with Crippen molar-refractivity contribution in [2.75, 3.05) is 19.6 Å². The average Bonchev–Trinajstić information content (AvgIpc) is 2.31. The summed E-state index contributed by atoms with van der Waals surface area (Å²) in [5.41, 5.74) is 7.27. The fourth-order valence-corrected chi connectivity index (χ4v) is 5.01. The lowest BCUT2D eigenvalue weighted by Gasteiger charge is -2.40. The van der Waals surface area contributed by atoms with Crippen molar-refractivity contribution in [3.8, 4) is 0 Å². The SMILES string of the molecule is CC1CN(C(CN)c2ccc(Cl)cc2Br)CC(C)S1. The van der Waals surface area contributed by atoms with Crippen LogP contribution in [0.15, 0.2) is 22.7 Å². The molecule has 0 amide bonds. The second-order valence-corrected chi connectivity index (χ2v) is 8.30. The molecule has 1 fully saturated rings. The van der Waals surface area contributed by atoms with Gasteiger partial charge in [-0.15, -0.1) is 0 Å². The van der Waals surface area contributed by atoms with Gasteiger partial charge in [0.15, 0.2) is 0 Å². The van der Waals surface area contributed by atoms with Gasteiger partial charge in [-0.3, -0.25) is 4.90 Å². The Morgan fingerprint density at radius 1 is 1.42 bits per heavy atom. The molecule has 3 atom stereocenters. The summed E-state index contributed by atoms with van der Waals surface area (Å²) in [4.78, 5) is 2.50. The molecule has 106 valence electrons. The van der Waals surface area contributed by atoms with Crippen molar-refractivity contribution >= 4 is 39.3 Å². The molecule has 0 radical (unpaired) electrons. The molecule has 1 aliphatic rings. The van der Waals surface area contributed by atoms with Crippen LogP contribution in [0.1, 0.15) is 25.5 Å². The van der Waals surface area contributed by atoms with Gasteiger partial charge in [-0.1, -0.05) is 47.4 Å². The quantitative estimate of drug-likeness (QED) is 0.882. The van der Waals surface area contributed by atoms with Crippen LogP contribution in [0, 0.1) is 0 Å². The van der Waals surface area contributed by atoms with Crippen LogP contribution in [0.3, 0.4) is 0 Å². The van der Waals surface area contributed by atoms with E-state index in [-0.39, 0.29) is 6.04 Å². The van der Waals surface area contributed by atoms with Crippen LogP contribution in [0.5, 0.6) is 0 Å². The Kier molecular flexibility index (Phi) is 5.61. The number of benzene rings is 1. The van der Waals surface area contributed by atoms with Gasteiger partial charge in [0, 0.05) is 45.7 Å². The van der Waals surface area contributed by atoms with E-state index in [0.29, 0.717) is 17.0 Å². The van der Waals surface area contributed by atoms with Crippen molar-refractivity contribution < 1.29 is 0 Å². The molecule has 0 bridgehead atoms. The lowest BCUT2D eigenvalue weighted by atomic mass is 10.0. The average molecular weight is 364 g/mol. The molecule has 19 heavy (non-hydrogen) atoms. The van der Waals surface area contributed by atoms with Gasteiger partial charge < -0.3 is 5.73 Å². The van der Waals surface area contributed by atoms with E-state index in [1.54, 1.807) is 0 Å². The monoisotopic (exact) mass is 362 g/mol. The summed E-state index contributed by atoms with van der Waals surface area (Å²) in [5.74, 6) is 0. The number of thioether (sulfide) groups is 1. The zero-order valence-corrected chi connectivity index (χ0v) is 14.4. The molecule has 1 aromatic rings. The van der Waals surface area contributed by atoms with E-state index >= 15 is 0 Å². The fraction of sp³-hybridized carbons (Fsp3) is 0.571. The highest BCUT2D eigenvalue weighted by molar-refractivity contribution is 9.10. The summed E-state index contributed by atoms with van der Waals surface area (Å²) in [6.07, 6.45) is 0. The highest BCUT2D eigenvalue weighted by atomic mass is 79.9. The molecular formula is C14H20BrClN2S. The Bertz CT molecular complexity index is 433. The topological polar surface area (TPSA) is 29.3 Å². The van der Waals surface area contributed by atoms with E-state index in [1.807, 2.05) is 12.1 Å². The Balaban J connectivity index is 2.23. The molecule has 2 nitrogen and oxygen atoms in total. The first-order chi connectivity index (χ1) is 9.01. The van der Waals surface area contributed by atoms with E-state index in [4.69, 9.17) is 17.3 Å². The largest absolute Gasteiger partial charge is 0.329 e. The number of hydrogen-bond donors (Lipinski definition) is 1. The predicted octanol–water partition coefficient (Wildman–Crippen LogP) is 3.93. The van der Waals surface area contributed by atoms with Gasteiger partial charge >= 0.3 is 0 Å². The van der Waals surface area contributed by atoms with Gasteiger partial charge in [0.2, 0.25) is 0 Å². The van der Waals surface area contributed by atoms with Gasteiger partial charge in [0.25, 0.3) is 0 Å². The molecule has 1 saturated heterocycles. The zero-order valence-electron chi connectivity index (χ0n) is 11.3. The summed E-state index contributed by atoms with van der Waals surface area (Å²) in [6.45, 7) is 7.39. The second kappa shape index (κ2) is 6.81. The third-order valence-corrected chi connectivity index (χ3v) is 5.58. The van der Waals surface area contributed by atoms with Crippen molar-refractivity contribution in [1.82, 2.24) is 4.90 Å². The van der Waals surface area contributed by atoms with Gasteiger partial charge in [-0.25, -0.2) is 0 Å². The van der Waals surface area contributed by atoms with E-state index in [0.717, 1.165) is 22.6 Å². The third kappa shape index (κ3) is 3.88. The summed E-state index contributed by atoms with van der Waals surface area (Å²) < 4.78 is 1.05. The van der Waals surface area contributed by atoms with Gasteiger partial charge in [-0.2, -0.15) is 11.8 Å². The molecule has 1 aliphatic heterocycles. The Morgan fingerprint density at radius 2 is 2.05 bits per heavy atom. The molecule has 0 aliphatic carbocycles. The molecule has 0 spiro atoms. The molecule has 1 aromatic carbocycles. The number of nitrogens with two attached hydrogens (primary N) is 1. The van der Waals surface area contributed by atoms with E-state index in [1.165, 1.54) is 5.56 Å². The van der Waals surface area contributed by atoms with Crippen LogP contribution in [-0.4, -0.2) is 35.0 Å². The maximum atomic E-state index is 6.03. The van der Waals surface area contributed by atoms with Gasteiger partial charge in [0.1, 0.15) is 0 Å². The summed E-state index contributed by atoms with van der Waals surface area (Å²) in [5, 5.41) is 2.06. The minimum absolute atomic E-state index is 0.262. The second-order valence-electron chi connectivity index (χ2n) is 5.13. The van der Waals surface area contributed by atoms with Gasteiger partial charge in [-0.05, 0) is 17.7 Å². The smallest absolute Gasteiger partial charge is 0.0482 e. The molecule has 2 rings (SSSR count). The lowest BCUT2D eigenvalue weighted by molar-refractivity contribution is 0.199. The Morgan fingerprint density at radius 3 is 2.58 bits per heavy atom. The van der Waals surface area contributed by atoms with Crippen LogP contribution >= 0.6 is 39.3 Å². The van der Waals surface area contributed by atoms with Crippen LogP contribution < -0.4 is 5.73 Å². The first kappa shape index (κ1) is 15.6. The maximum absolute atomic E-state index is 6.03. The van der Waals surface area contributed by atoms with E-state index in [2.05, 4.69) is 52.5 Å². The molecular weight excluding hydrogens is 344 g/mol. The summed E-state index contributed by atoms with van der Waals surface area (Å²) in [6, 6.07) is 6.24. The number of halogens is 2. The molecule has 5 heteroatoms. The Labute approximate surface area is 133 Å². The molecule has 1 heterocycles. The van der Waals surface area contributed by atoms with Crippen LogP contribution in [0.4, 0.5) is 0 Å². The van der Waals surface area contributed by atoms with Crippen LogP contribution in [0.2, 0.25) is 5.02 Å². The van der Waals surface area contributed by atoms with Crippen LogP contribution in [0.25, 0.3) is 0 Å². The number of hydrogen-bond acceptors (Lipinski definition) is 3. The first-order valence-electron chi connectivity index (χ1n) is 6.55. The number of nitrogens with zero attached hydrogens (tertiary/aromatic N) is 1. The van der Waals surface area contributed by atoms with E-state index < -0.39 is 0 Å². The highest BCUT2D eigenvalue weighted by Gasteiger charge is 2.28. The fourth-order valence-electron chi connectivity index (χ4n) is 2.72. The third-order valence-electron chi connectivity index (χ3n) is 3.43. The Hall–Kier alpha value is 0.260. The van der Waals surface area contributed by atoms with Crippen molar-refractivity contribution in [2.45, 2.75) is 30.4 Å². The minimum Gasteiger partial charge on any atom is -0.329 e. The lowest BCUT2D eigenvalue weighted by Crippen LogP contribution is -2.44. The van der Waals surface area contributed by atoms with Crippen molar-refractivity contribution in [3.05, 3.63) is 33.3 Å². The normalized spacial score (nSPS) is 26.4. The van der Waals surface area contributed by atoms with Crippen molar-refractivity contribution in [3.63, 3.8) is 0 Å². The standard InChI is InChI=1S/C14H20BrClN2S/c1-9-7-18(8-10(2)19-9)14(6-17)12-4-3-11(16)5-13(12)15/h3-5,9-10,14H,6-8,17H2,1-2H3. The summed E-state index contributed by atoms with van der Waals surface area (Å²) in [7, 11) is 0. The van der Waals surface area contributed by atoms with Gasteiger partial charge in [0.05, 0.1) is 0 Å². The molecule has 2 N–H and O–H groups in total. The van der Waals surface area contributed by atoms with E-state index in [9.17, 15) is 0 Å². The molecule has 0 saturated carbocycles. The maximum Gasteiger partial charge on any atom is 0.0482 e. The minimum atomic E-state index is 0.262.